The van der Waals surface area contributed by atoms with Crippen LogP contribution in [0.3, 0.4) is 0 Å². The Morgan fingerprint density at radius 1 is 1.50 bits per heavy atom. The van der Waals surface area contributed by atoms with Crippen LogP contribution in [0.4, 0.5) is 0 Å². The number of benzene rings is 1. The van der Waals surface area contributed by atoms with Crippen molar-refractivity contribution in [2.24, 2.45) is 0 Å². The van der Waals surface area contributed by atoms with E-state index in [-0.39, 0.29) is 11.9 Å². The summed E-state index contributed by atoms with van der Waals surface area (Å²) in [6.45, 7) is 4.20. The topological polar surface area (TPSA) is 26.3 Å². The molecule has 0 N–H and O–H groups in total. The summed E-state index contributed by atoms with van der Waals surface area (Å²) in [4.78, 5) is 11.6. The number of esters is 1. The van der Waals surface area contributed by atoms with Gasteiger partial charge in [0.1, 0.15) is 0 Å². The molecular formula is C14H18O2. The normalized spacial score (nSPS) is 16.9. The zero-order valence-corrected chi connectivity index (χ0v) is 9.90. The van der Waals surface area contributed by atoms with Crippen molar-refractivity contribution < 1.29 is 9.53 Å². The molecule has 2 nitrogen and oxygen atoms in total. The van der Waals surface area contributed by atoms with E-state index in [1.807, 2.05) is 26.0 Å². The smallest absolute Gasteiger partial charge is 0.313 e. The van der Waals surface area contributed by atoms with Crippen molar-refractivity contribution in [2.75, 3.05) is 6.61 Å². The van der Waals surface area contributed by atoms with Gasteiger partial charge in [-0.15, -0.1) is 0 Å². The predicted octanol–water partition coefficient (Wildman–Crippen LogP) is 3.23. The minimum absolute atomic E-state index is 0.129. The number of hydrogen-bond donors (Lipinski definition) is 0. The summed E-state index contributed by atoms with van der Waals surface area (Å²) in [6, 6.07) is 8.35. The van der Waals surface area contributed by atoms with Crippen LogP contribution in [0.2, 0.25) is 0 Å². The molecule has 0 amide bonds. The minimum Gasteiger partial charge on any atom is -0.466 e. The van der Waals surface area contributed by atoms with E-state index >= 15 is 0 Å². The minimum atomic E-state index is -0.154. The van der Waals surface area contributed by atoms with E-state index in [0.717, 1.165) is 11.5 Å². The molecule has 0 heterocycles. The summed E-state index contributed by atoms with van der Waals surface area (Å²) in [7, 11) is 0. The van der Waals surface area contributed by atoms with Gasteiger partial charge in [0.15, 0.2) is 0 Å². The Kier molecular flexibility index (Phi) is 3.28. The second-order valence-corrected chi connectivity index (χ2v) is 4.42. The van der Waals surface area contributed by atoms with E-state index < -0.39 is 0 Å². The van der Waals surface area contributed by atoms with Gasteiger partial charge in [-0.3, -0.25) is 4.79 Å². The predicted molar refractivity (Wildman–Crippen MR) is 63.5 cm³/mol. The SMILES string of the molecule is CCOC(=O)C(C)c1cccc(C2CC2)c1. The maximum atomic E-state index is 11.6. The first-order valence-corrected chi connectivity index (χ1v) is 5.99. The molecule has 1 aliphatic rings. The van der Waals surface area contributed by atoms with Crippen molar-refractivity contribution >= 4 is 5.97 Å². The number of carbonyl (C=O) groups excluding carboxylic acids is 1. The quantitative estimate of drug-likeness (QED) is 0.725. The Balaban J connectivity index is 2.12. The fraction of sp³-hybridized carbons (Fsp3) is 0.500. The maximum Gasteiger partial charge on any atom is 0.313 e. The second-order valence-electron chi connectivity index (χ2n) is 4.42. The Morgan fingerprint density at radius 3 is 2.88 bits per heavy atom. The Bertz CT molecular complexity index is 380. The third kappa shape index (κ3) is 2.43. The molecule has 0 spiro atoms. The van der Waals surface area contributed by atoms with Crippen LogP contribution in [0.5, 0.6) is 0 Å². The zero-order valence-electron chi connectivity index (χ0n) is 9.90. The van der Waals surface area contributed by atoms with Gasteiger partial charge in [0, 0.05) is 0 Å². The van der Waals surface area contributed by atoms with Gasteiger partial charge >= 0.3 is 5.97 Å². The van der Waals surface area contributed by atoms with Gasteiger partial charge in [-0.05, 0) is 43.7 Å². The molecule has 0 saturated heterocycles. The first kappa shape index (κ1) is 11.2. The molecule has 0 aliphatic heterocycles. The molecule has 1 aromatic carbocycles. The molecule has 2 rings (SSSR count). The highest BCUT2D eigenvalue weighted by atomic mass is 16.5. The molecule has 2 heteroatoms. The average Bonchev–Trinajstić information content (AvgIpc) is 3.12. The fourth-order valence-corrected chi connectivity index (χ4v) is 1.90. The lowest BCUT2D eigenvalue weighted by Gasteiger charge is -2.11. The first-order chi connectivity index (χ1) is 7.72. The van der Waals surface area contributed by atoms with Crippen molar-refractivity contribution in [2.45, 2.75) is 38.5 Å². The highest BCUT2D eigenvalue weighted by Gasteiger charge is 2.24. The van der Waals surface area contributed by atoms with Crippen LogP contribution >= 0.6 is 0 Å². The molecule has 16 heavy (non-hydrogen) atoms. The van der Waals surface area contributed by atoms with Gasteiger partial charge in [-0.2, -0.15) is 0 Å². The Hall–Kier alpha value is -1.31. The van der Waals surface area contributed by atoms with Crippen LogP contribution < -0.4 is 0 Å². The largest absolute Gasteiger partial charge is 0.466 e. The number of rotatable bonds is 4. The lowest BCUT2D eigenvalue weighted by molar-refractivity contribution is -0.144. The van der Waals surface area contributed by atoms with Gasteiger partial charge in [0.25, 0.3) is 0 Å². The third-order valence-electron chi connectivity index (χ3n) is 3.10. The number of ether oxygens (including phenoxy) is 1. The van der Waals surface area contributed by atoms with Crippen molar-refractivity contribution in [1.29, 1.82) is 0 Å². The number of carbonyl (C=O) groups is 1. The Labute approximate surface area is 96.6 Å². The van der Waals surface area contributed by atoms with E-state index in [2.05, 4.69) is 12.1 Å². The maximum absolute atomic E-state index is 11.6. The van der Waals surface area contributed by atoms with Crippen LogP contribution in [-0.4, -0.2) is 12.6 Å². The first-order valence-electron chi connectivity index (χ1n) is 5.99. The molecule has 0 radical (unpaired) electrons. The molecule has 0 aromatic heterocycles. The van der Waals surface area contributed by atoms with Crippen molar-refractivity contribution in [3.8, 4) is 0 Å². The van der Waals surface area contributed by atoms with Crippen LogP contribution in [0.1, 0.15) is 49.7 Å². The van der Waals surface area contributed by atoms with Crippen molar-refractivity contribution in [3.05, 3.63) is 35.4 Å². The molecule has 1 atom stereocenters. The van der Waals surface area contributed by atoms with E-state index in [1.54, 1.807) is 0 Å². The van der Waals surface area contributed by atoms with E-state index in [4.69, 9.17) is 4.74 Å². The summed E-state index contributed by atoms with van der Waals surface area (Å²) in [6.07, 6.45) is 2.58. The van der Waals surface area contributed by atoms with E-state index in [9.17, 15) is 4.79 Å². The van der Waals surface area contributed by atoms with Gasteiger partial charge in [0.2, 0.25) is 0 Å². The highest BCUT2D eigenvalue weighted by Crippen LogP contribution is 2.40. The summed E-state index contributed by atoms with van der Waals surface area (Å²) < 4.78 is 5.04. The summed E-state index contributed by atoms with van der Waals surface area (Å²) in [5, 5.41) is 0. The summed E-state index contributed by atoms with van der Waals surface area (Å²) in [5.74, 6) is 0.448. The van der Waals surface area contributed by atoms with Gasteiger partial charge in [-0.1, -0.05) is 24.3 Å². The lowest BCUT2D eigenvalue weighted by atomic mass is 9.98. The summed E-state index contributed by atoms with van der Waals surface area (Å²) in [5.41, 5.74) is 2.44. The molecule has 0 bridgehead atoms. The van der Waals surface area contributed by atoms with Crippen molar-refractivity contribution in [1.82, 2.24) is 0 Å². The van der Waals surface area contributed by atoms with Gasteiger partial charge in [0.05, 0.1) is 12.5 Å². The molecule has 1 aliphatic carbocycles. The molecule has 1 fully saturated rings. The highest BCUT2D eigenvalue weighted by molar-refractivity contribution is 5.77. The standard InChI is InChI=1S/C14H18O2/c1-3-16-14(15)10(2)12-5-4-6-13(9-12)11-7-8-11/h4-6,9-11H,3,7-8H2,1-2H3. The lowest BCUT2D eigenvalue weighted by Crippen LogP contribution is -2.13. The van der Waals surface area contributed by atoms with Gasteiger partial charge < -0.3 is 4.74 Å². The van der Waals surface area contributed by atoms with E-state index in [1.165, 1.54) is 18.4 Å². The average molecular weight is 218 g/mol. The monoisotopic (exact) mass is 218 g/mol. The van der Waals surface area contributed by atoms with Crippen molar-refractivity contribution in [3.63, 3.8) is 0 Å². The summed E-state index contributed by atoms with van der Waals surface area (Å²) >= 11 is 0. The van der Waals surface area contributed by atoms with Crippen LogP contribution in [0.15, 0.2) is 24.3 Å². The second kappa shape index (κ2) is 4.69. The van der Waals surface area contributed by atoms with Gasteiger partial charge in [-0.25, -0.2) is 0 Å². The Morgan fingerprint density at radius 2 is 2.25 bits per heavy atom. The number of hydrogen-bond acceptors (Lipinski definition) is 2. The van der Waals surface area contributed by atoms with Crippen LogP contribution in [0, 0.1) is 0 Å². The molecule has 86 valence electrons. The van der Waals surface area contributed by atoms with Crippen LogP contribution in [-0.2, 0) is 9.53 Å². The molecular weight excluding hydrogens is 200 g/mol. The molecule has 1 unspecified atom stereocenters. The molecule has 1 saturated carbocycles. The fourth-order valence-electron chi connectivity index (χ4n) is 1.90. The third-order valence-corrected chi connectivity index (χ3v) is 3.10. The molecule has 1 aromatic rings. The van der Waals surface area contributed by atoms with E-state index in [0.29, 0.717) is 6.61 Å². The zero-order chi connectivity index (χ0) is 11.5. The van der Waals surface area contributed by atoms with Crippen LogP contribution in [0.25, 0.3) is 0 Å².